The summed E-state index contributed by atoms with van der Waals surface area (Å²) in [5.41, 5.74) is 2.41. The zero-order valence-corrected chi connectivity index (χ0v) is 19.9. The number of benzene rings is 3. The summed E-state index contributed by atoms with van der Waals surface area (Å²) in [5.74, 6) is -1.42. The molecule has 0 bridgehead atoms. The van der Waals surface area contributed by atoms with Gasteiger partial charge in [0.2, 0.25) is 0 Å². The molecule has 7 heteroatoms. The fourth-order valence-electron chi connectivity index (χ4n) is 4.90. The lowest BCUT2D eigenvalue weighted by Gasteiger charge is -2.45. The molecule has 3 N–H and O–H groups in total. The highest BCUT2D eigenvalue weighted by atomic mass is 35.5. The van der Waals surface area contributed by atoms with Crippen LogP contribution in [0.4, 0.5) is 14.5 Å². The SMILES string of the molecule is Cc1c[nH]c2c(-c3c(F)cc4c(c3F)C(N(Cl)Cc3ccccc3)C(O)C(C)(C)N4)cccc12. The molecule has 1 aromatic heterocycles. The molecule has 4 aromatic rings. The molecule has 34 heavy (non-hydrogen) atoms. The van der Waals surface area contributed by atoms with E-state index in [-0.39, 0.29) is 23.4 Å². The average molecular weight is 482 g/mol. The average Bonchev–Trinajstić information content (AvgIpc) is 3.17. The number of aromatic amines is 1. The molecular weight excluding hydrogens is 456 g/mol. The van der Waals surface area contributed by atoms with Crippen LogP contribution in [0.3, 0.4) is 0 Å². The van der Waals surface area contributed by atoms with Crippen molar-refractivity contribution in [2.24, 2.45) is 0 Å². The van der Waals surface area contributed by atoms with Crippen molar-refractivity contribution in [2.75, 3.05) is 5.32 Å². The first-order valence-corrected chi connectivity index (χ1v) is 11.5. The van der Waals surface area contributed by atoms with E-state index in [1.807, 2.05) is 49.5 Å². The largest absolute Gasteiger partial charge is 0.389 e. The van der Waals surface area contributed by atoms with Crippen molar-refractivity contribution >= 4 is 28.4 Å². The molecule has 2 heterocycles. The van der Waals surface area contributed by atoms with Crippen LogP contribution in [-0.2, 0) is 6.54 Å². The van der Waals surface area contributed by atoms with E-state index in [1.165, 1.54) is 10.5 Å². The smallest absolute Gasteiger partial charge is 0.141 e. The molecule has 1 aliphatic rings. The highest BCUT2D eigenvalue weighted by Crippen LogP contribution is 2.47. The molecule has 2 atom stereocenters. The van der Waals surface area contributed by atoms with Crippen molar-refractivity contribution in [3.8, 4) is 11.1 Å². The van der Waals surface area contributed by atoms with Crippen molar-refractivity contribution in [1.29, 1.82) is 0 Å². The number of hydrogen-bond acceptors (Lipinski definition) is 3. The van der Waals surface area contributed by atoms with Crippen molar-refractivity contribution < 1.29 is 13.9 Å². The minimum absolute atomic E-state index is 0.144. The summed E-state index contributed by atoms with van der Waals surface area (Å²) in [6.07, 6.45) is 0.761. The Morgan fingerprint density at radius 3 is 2.56 bits per heavy atom. The summed E-state index contributed by atoms with van der Waals surface area (Å²) in [7, 11) is 0. The Morgan fingerprint density at radius 1 is 1.09 bits per heavy atom. The highest BCUT2D eigenvalue weighted by molar-refractivity contribution is 6.13. The normalized spacial score (nSPS) is 19.3. The van der Waals surface area contributed by atoms with Crippen molar-refractivity contribution in [3.63, 3.8) is 0 Å². The van der Waals surface area contributed by atoms with Crippen LogP contribution in [-0.4, -0.2) is 26.2 Å². The number of aromatic nitrogens is 1. The number of para-hydroxylation sites is 1. The first-order chi connectivity index (χ1) is 16.2. The first-order valence-electron chi connectivity index (χ1n) is 11.2. The van der Waals surface area contributed by atoms with Crippen LogP contribution in [0.2, 0.25) is 0 Å². The highest BCUT2D eigenvalue weighted by Gasteiger charge is 2.46. The van der Waals surface area contributed by atoms with Gasteiger partial charge >= 0.3 is 0 Å². The van der Waals surface area contributed by atoms with Crippen LogP contribution in [0.1, 0.15) is 36.6 Å². The Morgan fingerprint density at radius 2 is 1.82 bits per heavy atom. The third-order valence-corrected chi connectivity index (χ3v) is 7.05. The van der Waals surface area contributed by atoms with E-state index in [1.54, 1.807) is 26.0 Å². The number of nitrogens with one attached hydrogen (secondary N) is 2. The standard InChI is InChI=1S/C27H26ClF2N3O/c1-15-13-31-24-17(15)10-7-11-18(24)21-19(29)12-20-22(23(21)30)25(26(34)27(2,3)32-20)33(28)14-16-8-5-4-6-9-16/h4-13,25-26,31-32,34H,14H2,1-3H3. The molecule has 3 aromatic carbocycles. The number of fused-ring (bicyclic) bond motifs is 2. The number of nitrogens with zero attached hydrogens (tertiary/aromatic N) is 1. The second kappa shape index (κ2) is 8.38. The molecule has 0 aliphatic carbocycles. The molecule has 0 spiro atoms. The third-order valence-electron chi connectivity index (χ3n) is 6.72. The summed E-state index contributed by atoms with van der Waals surface area (Å²) in [5, 5.41) is 15.3. The minimum Gasteiger partial charge on any atom is -0.389 e. The minimum atomic E-state index is -1.06. The van der Waals surface area contributed by atoms with E-state index in [2.05, 4.69) is 10.3 Å². The molecule has 176 valence electrons. The number of anilines is 1. The number of H-pyrrole nitrogens is 1. The topological polar surface area (TPSA) is 51.3 Å². The van der Waals surface area contributed by atoms with Gasteiger partial charge in [-0.1, -0.05) is 48.5 Å². The lowest BCUT2D eigenvalue weighted by Crippen LogP contribution is -2.53. The van der Waals surface area contributed by atoms with Gasteiger partial charge in [-0.25, -0.2) is 13.2 Å². The van der Waals surface area contributed by atoms with Gasteiger partial charge in [0.25, 0.3) is 0 Å². The molecule has 0 saturated heterocycles. The predicted octanol–water partition coefficient (Wildman–Crippen LogP) is 6.68. The molecule has 4 nitrogen and oxygen atoms in total. The summed E-state index contributed by atoms with van der Waals surface area (Å²) in [6.45, 7) is 5.78. The van der Waals surface area contributed by atoms with Gasteiger partial charge in [0.05, 0.1) is 28.8 Å². The Balaban J connectivity index is 1.70. The number of aliphatic hydroxyl groups excluding tert-OH is 1. The molecule has 0 fully saturated rings. The fraction of sp³-hybridized carbons (Fsp3) is 0.259. The molecule has 0 saturated carbocycles. The Hall–Kier alpha value is -2.93. The van der Waals surface area contributed by atoms with Gasteiger partial charge < -0.3 is 15.4 Å². The van der Waals surface area contributed by atoms with Gasteiger partial charge in [-0.3, -0.25) is 0 Å². The molecule has 2 unspecified atom stereocenters. The van der Waals surface area contributed by atoms with Crippen LogP contribution in [0.25, 0.3) is 22.0 Å². The number of aliphatic hydroxyl groups is 1. The second-order valence-corrected chi connectivity index (χ2v) is 9.92. The second-order valence-electron chi connectivity index (χ2n) is 9.49. The molecule has 0 amide bonds. The molecule has 1 aliphatic heterocycles. The van der Waals surface area contributed by atoms with Crippen LogP contribution in [0.5, 0.6) is 0 Å². The molecular formula is C27H26ClF2N3O. The monoisotopic (exact) mass is 481 g/mol. The van der Waals surface area contributed by atoms with Crippen LogP contribution in [0.15, 0.2) is 60.8 Å². The third kappa shape index (κ3) is 3.66. The van der Waals surface area contributed by atoms with Gasteiger partial charge in [-0.05, 0) is 49.7 Å². The summed E-state index contributed by atoms with van der Waals surface area (Å²) in [4.78, 5) is 3.14. The number of halogens is 3. The van der Waals surface area contributed by atoms with E-state index in [0.717, 1.165) is 16.5 Å². The summed E-state index contributed by atoms with van der Waals surface area (Å²) in [6, 6.07) is 15.3. The fourth-order valence-corrected chi connectivity index (χ4v) is 5.24. The van der Waals surface area contributed by atoms with Crippen LogP contribution in [0, 0.1) is 18.6 Å². The van der Waals surface area contributed by atoms with Gasteiger partial charge in [-0.15, -0.1) is 0 Å². The Bertz CT molecular complexity index is 1370. The molecule has 5 rings (SSSR count). The first kappa shape index (κ1) is 22.8. The Kier molecular flexibility index (Phi) is 5.63. The van der Waals surface area contributed by atoms with Crippen LogP contribution < -0.4 is 5.32 Å². The summed E-state index contributed by atoms with van der Waals surface area (Å²) >= 11 is 6.73. The van der Waals surface area contributed by atoms with Crippen molar-refractivity contribution in [2.45, 2.75) is 45.0 Å². The van der Waals surface area contributed by atoms with E-state index in [9.17, 15) is 5.11 Å². The lowest BCUT2D eigenvalue weighted by atomic mass is 9.80. The number of rotatable bonds is 4. The maximum absolute atomic E-state index is 16.3. The number of hydrogen-bond donors (Lipinski definition) is 3. The van der Waals surface area contributed by atoms with E-state index in [0.29, 0.717) is 11.1 Å². The van der Waals surface area contributed by atoms with E-state index in [4.69, 9.17) is 11.8 Å². The maximum Gasteiger partial charge on any atom is 0.141 e. The lowest BCUT2D eigenvalue weighted by molar-refractivity contribution is 0.0357. The van der Waals surface area contributed by atoms with Gasteiger partial charge in [-0.2, -0.15) is 0 Å². The van der Waals surface area contributed by atoms with Gasteiger partial charge in [0.15, 0.2) is 0 Å². The van der Waals surface area contributed by atoms with Gasteiger partial charge in [0, 0.05) is 34.9 Å². The van der Waals surface area contributed by atoms with Gasteiger partial charge in [0.1, 0.15) is 11.6 Å². The summed E-state index contributed by atoms with van der Waals surface area (Å²) < 4.78 is 33.2. The predicted molar refractivity (Wildman–Crippen MR) is 133 cm³/mol. The van der Waals surface area contributed by atoms with Crippen LogP contribution >= 0.6 is 11.8 Å². The van der Waals surface area contributed by atoms with E-state index < -0.39 is 29.3 Å². The maximum atomic E-state index is 16.3. The van der Waals surface area contributed by atoms with E-state index >= 15 is 8.78 Å². The zero-order valence-electron chi connectivity index (χ0n) is 19.2. The zero-order chi connectivity index (χ0) is 24.2. The Labute approximate surface area is 202 Å². The quantitative estimate of drug-likeness (QED) is 0.285. The molecule has 0 radical (unpaired) electrons. The van der Waals surface area contributed by atoms with Crippen molar-refractivity contribution in [3.05, 3.63) is 89.1 Å². The number of aryl methyl sites for hydroxylation is 1. The van der Waals surface area contributed by atoms with Crippen molar-refractivity contribution in [1.82, 2.24) is 9.40 Å².